The summed E-state index contributed by atoms with van der Waals surface area (Å²) in [5.41, 5.74) is 3.36. The third kappa shape index (κ3) is 3.36. The second-order valence-electron chi connectivity index (χ2n) is 6.14. The van der Waals surface area contributed by atoms with Gasteiger partial charge in [0.1, 0.15) is 5.82 Å². The van der Waals surface area contributed by atoms with E-state index in [2.05, 4.69) is 47.7 Å². The molecule has 4 heteroatoms. The molecule has 1 amide bonds. The van der Waals surface area contributed by atoms with E-state index < -0.39 is 0 Å². The van der Waals surface area contributed by atoms with E-state index in [4.69, 9.17) is 0 Å². The van der Waals surface area contributed by atoms with E-state index in [9.17, 15) is 4.79 Å². The lowest BCUT2D eigenvalue weighted by Gasteiger charge is -2.34. The van der Waals surface area contributed by atoms with E-state index in [1.807, 2.05) is 11.1 Å². The fraction of sp³-hybridized carbons (Fsp3) is 0.368. The second kappa shape index (κ2) is 6.82. The molecule has 1 N–H and O–H groups in total. The lowest BCUT2D eigenvalue weighted by atomic mass is 10.0. The Hall–Kier alpha value is -2.36. The Balaban J connectivity index is 1.84. The molecule has 3 rings (SSSR count). The first-order valence-electron chi connectivity index (χ1n) is 8.21. The number of imidazole rings is 1. The van der Waals surface area contributed by atoms with E-state index in [1.165, 1.54) is 5.56 Å². The van der Waals surface area contributed by atoms with Gasteiger partial charge >= 0.3 is 0 Å². The molecule has 0 bridgehead atoms. The molecule has 120 valence electrons. The van der Waals surface area contributed by atoms with Crippen LogP contribution in [0.1, 0.15) is 43.1 Å². The number of amides is 1. The van der Waals surface area contributed by atoms with Crippen molar-refractivity contribution in [2.24, 2.45) is 0 Å². The summed E-state index contributed by atoms with van der Waals surface area (Å²) in [6.45, 7) is 6.55. The lowest BCUT2D eigenvalue weighted by molar-refractivity contribution is -0.134. The maximum absolute atomic E-state index is 12.3. The van der Waals surface area contributed by atoms with Crippen molar-refractivity contribution in [3.05, 3.63) is 54.5 Å². The molecular weight excluding hydrogens is 286 g/mol. The summed E-state index contributed by atoms with van der Waals surface area (Å²) < 4.78 is 0. The van der Waals surface area contributed by atoms with Gasteiger partial charge in [0.05, 0.1) is 17.9 Å². The highest BCUT2D eigenvalue weighted by molar-refractivity contribution is 5.78. The molecule has 0 aliphatic carbocycles. The zero-order valence-corrected chi connectivity index (χ0v) is 13.6. The third-order valence-corrected chi connectivity index (χ3v) is 4.42. The molecule has 1 unspecified atom stereocenters. The van der Waals surface area contributed by atoms with Crippen LogP contribution in [0.4, 0.5) is 0 Å². The predicted octanol–water partition coefficient (Wildman–Crippen LogP) is 4.01. The molecule has 0 saturated carbocycles. The van der Waals surface area contributed by atoms with Gasteiger partial charge < -0.3 is 9.88 Å². The van der Waals surface area contributed by atoms with Crippen molar-refractivity contribution in [2.75, 3.05) is 6.54 Å². The van der Waals surface area contributed by atoms with Crippen LogP contribution in [-0.2, 0) is 4.79 Å². The third-order valence-electron chi connectivity index (χ3n) is 4.42. The van der Waals surface area contributed by atoms with Crippen molar-refractivity contribution in [1.29, 1.82) is 0 Å². The van der Waals surface area contributed by atoms with Gasteiger partial charge in [-0.25, -0.2) is 4.98 Å². The molecule has 2 aromatic rings. The molecule has 1 aromatic heterocycles. The number of aromatic amines is 1. The number of aromatic nitrogens is 2. The number of H-pyrrole nitrogens is 1. The summed E-state index contributed by atoms with van der Waals surface area (Å²) in [6, 6.07) is 8.42. The van der Waals surface area contributed by atoms with Gasteiger partial charge in [0.2, 0.25) is 5.91 Å². The zero-order valence-electron chi connectivity index (χ0n) is 13.6. The highest BCUT2D eigenvalue weighted by atomic mass is 16.2. The molecule has 1 aliphatic rings. The summed E-state index contributed by atoms with van der Waals surface area (Å²) in [5.74, 6) is 1.02. The molecule has 1 aromatic carbocycles. The van der Waals surface area contributed by atoms with Crippen LogP contribution in [0.15, 0.2) is 43.1 Å². The van der Waals surface area contributed by atoms with Crippen molar-refractivity contribution in [2.45, 2.75) is 38.6 Å². The van der Waals surface area contributed by atoms with Gasteiger partial charge in [-0.2, -0.15) is 0 Å². The van der Waals surface area contributed by atoms with Crippen LogP contribution < -0.4 is 0 Å². The van der Waals surface area contributed by atoms with E-state index in [0.717, 1.165) is 42.9 Å². The average Bonchev–Trinajstić information content (AvgIpc) is 3.05. The van der Waals surface area contributed by atoms with Gasteiger partial charge in [0, 0.05) is 13.0 Å². The van der Waals surface area contributed by atoms with Crippen LogP contribution in [0, 0.1) is 6.92 Å². The molecule has 1 fully saturated rings. The Bertz CT molecular complexity index is 687. The van der Waals surface area contributed by atoms with Crippen molar-refractivity contribution in [3.63, 3.8) is 0 Å². The van der Waals surface area contributed by atoms with E-state index in [0.29, 0.717) is 6.42 Å². The molecule has 1 saturated heterocycles. The lowest BCUT2D eigenvalue weighted by Crippen LogP contribution is -2.38. The highest BCUT2D eigenvalue weighted by Crippen LogP contribution is 2.31. The second-order valence-corrected chi connectivity index (χ2v) is 6.14. The maximum atomic E-state index is 12.3. The number of carbonyl (C=O) groups is 1. The Morgan fingerprint density at radius 1 is 1.39 bits per heavy atom. The van der Waals surface area contributed by atoms with Gasteiger partial charge in [-0.1, -0.05) is 35.9 Å². The van der Waals surface area contributed by atoms with Crippen molar-refractivity contribution < 1.29 is 4.79 Å². The van der Waals surface area contributed by atoms with E-state index in [1.54, 1.807) is 6.08 Å². The number of hydrogen-bond donors (Lipinski definition) is 1. The normalized spacial score (nSPS) is 18.0. The first-order valence-corrected chi connectivity index (χ1v) is 8.21. The molecule has 0 spiro atoms. The summed E-state index contributed by atoms with van der Waals surface area (Å²) >= 11 is 0. The van der Waals surface area contributed by atoms with Gasteiger partial charge in [0.15, 0.2) is 0 Å². The number of carbonyl (C=O) groups excluding carboxylic acids is 1. The Morgan fingerprint density at radius 2 is 2.17 bits per heavy atom. The van der Waals surface area contributed by atoms with Gasteiger partial charge in [-0.15, -0.1) is 6.58 Å². The van der Waals surface area contributed by atoms with Gasteiger partial charge in [-0.05, 0) is 31.7 Å². The first-order chi connectivity index (χ1) is 11.2. The number of nitrogens with zero attached hydrogens (tertiary/aromatic N) is 2. The summed E-state index contributed by atoms with van der Waals surface area (Å²) in [5, 5.41) is 0. The Kier molecular flexibility index (Phi) is 4.60. The molecule has 4 nitrogen and oxygen atoms in total. The van der Waals surface area contributed by atoms with E-state index >= 15 is 0 Å². The monoisotopic (exact) mass is 309 g/mol. The topological polar surface area (TPSA) is 49.0 Å². The van der Waals surface area contributed by atoms with Crippen molar-refractivity contribution in [3.8, 4) is 11.3 Å². The minimum Gasteiger partial charge on any atom is -0.340 e. The minimum absolute atomic E-state index is 0.0513. The largest absolute Gasteiger partial charge is 0.340 e. The standard InChI is InChI=1S/C19H23N3O/c1-3-6-18(23)22-12-5-4-7-17(22)19-20-13-16(21-19)15-10-8-14(2)9-11-15/h3,8-11,13,17H,1,4-7,12H2,2H3,(H,20,21). The Labute approximate surface area is 137 Å². The highest BCUT2D eigenvalue weighted by Gasteiger charge is 2.29. The van der Waals surface area contributed by atoms with Crippen LogP contribution in [-0.4, -0.2) is 27.3 Å². The molecule has 1 aliphatic heterocycles. The minimum atomic E-state index is 0.0513. The van der Waals surface area contributed by atoms with Crippen LogP contribution in [0.3, 0.4) is 0 Å². The first kappa shape index (κ1) is 15.5. The van der Waals surface area contributed by atoms with Crippen LogP contribution in [0.5, 0.6) is 0 Å². The molecule has 23 heavy (non-hydrogen) atoms. The fourth-order valence-electron chi connectivity index (χ4n) is 3.14. The number of likely N-dealkylation sites (tertiary alicyclic amines) is 1. The van der Waals surface area contributed by atoms with Crippen LogP contribution >= 0.6 is 0 Å². The number of aryl methyl sites for hydroxylation is 1. The maximum Gasteiger partial charge on any atom is 0.226 e. The number of benzene rings is 1. The average molecular weight is 309 g/mol. The smallest absolute Gasteiger partial charge is 0.226 e. The summed E-state index contributed by atoms with van der Waals surface area (Å²) in [6.07, 6.45) is 7.08. The quantitative estimate of drug-likeness (QED) is 0.867. The predicted molar refractivity (Wildman–Crippen MR) is 91.9 cm³/mol. The summed E-state index contributed by atoms with van der Waals surface area (Å²) in [4.78, 5) is 22.2. The molecule has 0 radical (unpaired) electrons. The molecule has 2 heterocycles. The Morgan fingerprint density at radius 3 is 2.91 bits per heavy atom. The van der Waals surface area contributed by atoms with Crippen molar-refractivity contribution >= 4 is 5.91 Å². The molecular formula is C19H23N3O. The van der Waals surface area contributed by atoms with Crippen LogP contribution in [0.2, 0.25) is 0 Å². The number of nitrogens with one attached hydrogen (secondary N) is 1. The number of rotatable bonds is 4. The molecule has 1 atom stereocenters. The van der Waals surface area contributed by atoms with Gasteiger partial charge in [-0.3, -0.25) is 4.79 Å². The summed E-state index contributed by atoms with van der Waals surface area (Å²) in [7, 11) is 0. The SMILES string of the molecule is C=CCC(=O)N1CCCCC1c1ncc(-c2ccc(C)cc2)[nH]1. The van der Waals surface area contributed by atoms with E-state index in [-0.39, 0.29) is 11.9 Å². The zero-order chi connectivity index (χ0) is 16.2. The number of hydrogen-bond acceptors (Lipinski definition) is 2. The van der Waals surface area contributed by atoms with Crippen molar-refractivity contribution in [1.82, 2.24) is 14.9 Å². The fourth-order valence-corrected chi connectivity index (χ4v) is 3.14. The van der Waals surface area contributed by atoms with Gasteiger partial charge in [0.25, 0.3) is 0 Å². The number of piperidine rings is 1. The van der Waals surface area contributed by atoms with Crippen LogP contribution in [0.25, 0.3) is 11.3 Å².